The van der Waals surface area contributed by atoms with Crippen LogP contribution in [0.2, 0.25) is 5.02 Å². The second-order valence-corrected chi connectivity index (χ2v) is 4.33. The summed E-state index contributed by atoms with van der Waals surface area (Å²) in [4.78, 5) is 1.88. The third-order valence-electron chi connectivity index (χ3n) is 2.74. The fraction of sp³-hybridized carbons (Fsp3) is 0.0714. The monoisotopic (exact) mass is 257 g/mol. The maximum Gasteiger partial charge on any atom is 0.101 e. The maximum absolute atomic E-state index is 9.10. The van der Waals surface area contributed by atoms with Gasteiger partial charge in [-0.15, -0.1) is 0 Å². The van der Waals surface area contributed by atoms with Crippen molar-refractivity contribution in [2.45, 2.75) is 0 Å². The van der Waals surface area contributed by atoms with Crippen LogP contribution in [0.5, 0.6) is 0 Å². The molecule has 0 aliphatic rings. The molecule has 0 spiro atoms. The summed E-state index contributed by atoms with van der Waals surface area (Å²) in [7, 11) is 1.87. The molecule has 0 heterocycles. The quantitative estimate of drug-likeness (QED) is 0.837. The van der Waals surface area contributed by atoms with Crippen molar-refractivity contribution >= 4 is 28.7 Å². The zero-order valence-electron chi connectivity index (χ0n) is 9.89. The van der Waals surface area contributed by atoms with Crippen LogP contribution in [0.15, 0.2) is 42.5 Å². The Balaban J connectivity index is 2.48. The number of benzene rings is 2. The normalized spacial score (nSPS) is 9.83. The molecule has 90 valence electrons. The van der Waals surface area contributed by atoms with E-state index in [0.717, 1.165) is 11.4 Å². The minimum Gasteiger partial charge on any atom is -0.397 e. The van der Waals surface area contributed by atoms with Crippen molar-refractivity contribution in [3.8, 4) is 6.07 Å². The molecule has 0 bridgehead atoms. The Hall–Kier alpha value is -2.18. The third kappa shape index (κ3) is 2.24. The fourth-order valence-corrected chi connectivity index (χ4v) is 2.00. The largest absolute Gasteiger partial charge is 0.397 e. The predicted molar refractivity (Wildman–Crippen MR) is 75.1 cm³/mol. The van der Waals surface area contributed by atoms with Gasteiger partial charge in [0.15, 0.2) is 0 Å². The molecule has 0 saturated carbocycles. The van der Waals surface area contributed by atoms with E-state index < -0.39 is 0 Å². The van der Waals surface area contributed by atoms with Crippen LogP contribution in [0, 0.1) is 11.3 Å². The van der Waals surface area contributed by atoms with Gasteiger partial charge in [0, 0.05) is 12.1 Å². The van der Waals surface area contributed by atoms with Crippen LogP contribution < -0.4 is 10.6 Å². The Kier molecular flexibility index (Phi) is 3.40. The lowest BCUT2D eigenvalue weighted by molar-refractivity contribution is 1.20. The number of para-hydroxylation sites is 1. The first-order valence-corrected chi connectivity index (χ1v) is 5.79. The molecular weight excluding hydrogens is 246 g/mol. The molecule has 2 N–H and O–H groups in total. The van der Waals surface area contributed by atoms with Gasteiger partial charge in [0.2, 0.25) is 0 Å². The molecule has 2 aromatic rings. The van der Waals surface area contributed by atoms with Crippen LogP contribution in [-0.2, 0) is 0 Å². The van der Waals surface area contributed by atoms with Gasteiger partial charge in [-0.25, -0.2) is 0 Å². The Morgan fingerprint density at radius 1 is 1.17 bits per heavy atom. The van der Waals surface area contributed by atoms with Gasteiger partial charge in [-0.2, -0.15) is 5.26 Å². The van der Waals surface area contributed by atoms with Crippen molar-refractivity contribution < 1.29 is 0 Å². The molecule has 0 aromatic heterocycles. The van der Waals surface area contributed by atoms with Crippen molar-refractivity contribution in [1.29, 1.82) is 5.26 Å². The molecule has 0 saturated heterocycles. The number of halogens is 1. The number of nitrogens with zero attached hydrogens (tertiary/aromatic N) is 2. The molecule has 0 aliphatic carbocycles. The molecule has 18 heavy (non-hydrogen) atoms. The van der Waals surface area contributed by atoms with Gasteiger partial charge < -0.3 is 10.6 Å². The smallest absolute Gasteiger partial charge is 0.101 e. The molecular formula is C14H12ClN3. The fourth-order valence-electron chi connectivity index (χ4n) is 1.82. The lowest BCUT2D eigenvalue weighted by Crippen LogP contribution is -2.12. The first kappa shape index (κ1) is 12.3. The minimum absolute atomic E-state index is 0.581. The second-order valence-electron chi connectivity index (χ2n) is 3.89. The van der Waals surface area contributed by atoms with Gasteiger partial charge in [0.1, 0.15) is 6.07 Å². The molecule has 3 nitrogen and oxygen atoms in total. The van der Waals surface area contributed by atoms with Crippen LogP contribution in [0.4, 0.5) is 17.1 Å². The van der Waals surface area contributed by atoms with E-state index in [1.807, 2.05) is 36.2 Å². The number of nitriles is 1. The van der Waals surface area contributed by atoms with E-state index >= 15 is 0 Å². The van der Waals surface area contributed by atoms with Crippen LogP contribution >= 0.6 is 11.6 Å². The maximum atomic E-state index is 9.10. The van der Waals surface area contributed by atoms with Crippen LogP contribution in [0.1, 0.15) is 5.56 Å². The van der Waals surface area contributed by atoms with E-state index in [9.17, 15) is 0 Å². The number of hydrogen-bond donors (Lipinski definition) is 1. The zero-order valence-corrected chi connectivity index (χ0v) is 10.6. The summed E-state index contributed by atoms with van der Waals surface area (Å²) in [6.45, 7) is 0. The van der Waals surface area contributed by atoms with E-state index in [2.05, 4.69) is 6.07 Å². The first-order chi connectivity index (χ1) is 8.63. The topological polar surface area (TPSA) is 53.0 Å². The summed E-state index contributed by atoms with van der Waals surface area (Å²) >= 11 is 5.88. The van der Waals surface area contributed by atoms with Crippen LogP contribution in [0.3, 0.4) is 0 Å². The summed E-state index contributed by atoms with van der Waals surface area (Å²) in [6, 6.07) is 14.9. The van der Waals surface area contributed by atoms with E-state index in [4.69, 9.17) is 22.6 Å². The summed E-state index contributed by atoms with van der Waals surface area (Å²) < 4.78 is 0. The molecule has 0 aliphatic heterocycles. The van der Waals surface area contributed by atoms with Gasteiger partial charge in [-0.3, -0.25) is 0 Å². The second kappa shape index (κ2) is 4.99. The predicted octanol–water partition coefficient (Wildman–Crippen LogP) is 3.56. The first-order valence-electron chi connectivity index (χ1n) is 5.41. The van der Waals surface area contributed by atoms with Crippen LogP contribution in [0.25, 0.3) is 0 Å². The van der Waals surface area contributed by atoms with Crippen LogP contribution in [-0.4, -0.2) is 7.05 Å². The average Bonchev–Trinajstić information content (AvgIpc) is 2.38. The Morgan fingerprint density at radius 2 is 1.89 bits per heavy atom. The number of nitrogens with two attached hydrogens (primary N) is 1. The number of rotatable bonds is 2. The molecule has 0 amide bonds. The molecule has 0 unspecified atom stereocenters. The highest BCUT2D eigenvalue weighted by Gasteiger charge is 2.11. The number of hydrogen-bond acceptors (Lipinski definition) is 3. The number of nitrogen functional groups attached to an aromatic ring is 1. The lowest BCUT2D eigenvalue weighted by Gasteiger charge is -2.22. The summed E-state index contributed by atoms with van der Waals surface area (Å²) in [5.41, 5.74) is 8.76. The number of anilines is 3. The van der Waals surface area contributed by atoms with Gasteiger partial charge in [0.25, 0.3) is 0 Å². The molecule has 4 heteroatoms. The Bertz CT molecular complexity index is 617. The molecule has 2 rings (SSSR count). The zero-order chi connectivity index (χ0) is 13.1. The lowest BCUT2D eigenvalue weighted by atomic mass is 10.1. The van der Waals surface area contributed by atoms with Crippen molar-refractivity contribution in [3.63, 3.8) is 0 Å². The Labute approximate surface area is 111 Å². The van der Waals surface area contributed by atoms with Gasteiger partial charge in [-0.1, -0.05) is 23.7 Å². The highest BCUT2D eigenvalue weighted by molar-refractivity contribution is 6.31. The molecule has 0 radical (unpaired) electrons. The highest BCUT2D eigenvalue weighted by atomic mass is 35.5. The van der Waals surface area contributed by atoms with Gasteiger partial charge in [0.05, 0.1) is 22.6 Å². The highest BCUT2D eigenvalue weighted by Crippen LogP contribution is 2.32. The van der Waals surface area contributed by atoms with Crippen molar-refractivity contribution in [2.75, 3.05) is 17.7 Å². The van der Waals surface area contributed by atoms with Crippen molar-refractivity contribution in [3.05, 3.63) is 53.1 Å². The average molecular weight is 258 g/mol. The summed E-state index contributed by atoms with van der Waals surface area (Å²) in [5.74, 6) is 0. The SMILES string of the molecule is CN(c1ccc(Cl)cc1N)c1ccccc1C#N. The van der Waals surface area contributed by atoms with Crippen molar-refractivity contribution in [2.24, 2.45) is 0 Å². The summed E-state index contributed by atoms with van der Waals surface area (Å²) in [5, 5.41) is 9.69. The molecule has 0 fully saturated rings. The minimum atomic E-state index is 0.581. The van der Waals surface area contributed by atoms with E-state index in [0.29, 0.717) is 16.3 Å². The van der Waals surface area contributed by atoms with E-state index in [1.165, 1.54) is 0 Å². The third-order valence-corrected chi connectivity index (χ3v) is 2.97. The standard InChI is InChI=1S/C14H12ClN3/c1-18(13-5-3-2-4-10(13)9-16)14-7-6-11(15)8-12(14)17/h2-8H,17H2,1H3. The van der Waals surface area contributed by atoms with Gasteiger partial charge in [-0.05, 0) is 30.3 Å². The van der Waals surface area contributed by atoms with Gasteiger partial charge >= 0.3 is 0 Å². The van der Waals surface area contributed by atoms with Crippen molar-refractivity contribution in [1.82, 2.24) is 0 Å². The van der Waals surface area contributed by atoms with E-state index in [1.54, 1.807) is 18.2 Å². The van der Waals surface area contributed by atoms with E-state index in [-0.39, 0.29) is 0 Å². The molecule has 0 atom stereocenters. The molecule has 2 aromatic carbocycles. The summed E-state index contributed by atoms with van der Waals surface area (Å²) in [6.07, 6.45) is 0. The Morgan fingerprint density at radius 3 is 2.56 bits per heavy atom.